The Labute approximate surface area is 188 Å². The molecule has 0 bridgehead atoms. The maximum Gasteiger partial charge on any atom is 0.227 e. The monoisotopic (exact) mass is 439 g/mol. The van der Waals surface area contributed by atoms with Gasteiger partial charge in [-0.2, -0.15) is 0 Å². The third kappa shape index (κ3) is 5.03. The van der Waals surface area contributed by atoms with Crippen molar-refractivity contribution in [2.45, 2.75) is 45.4 Å². The number of pyridine rings is 1. The topological polar surface area (TPSA) is 56.1 Å². The van der Waals surface area contributed by atoms with Gasteiger partial charge in [0.05, 0.1) is 5.69 Å². The van der Waals surface area contributed by atoms with Gasteiger partial charge in [-0.15, -0.1) is 0 Å². The van der Waals surface area contributed by atoms with Gasteiger partial charge in [0.15, 0.2) is 11.4 Å². The van der Waals surface area contributed by atoms with E-state index in [0.717, 1.165) is 17.9 Å². The van der Waals surface area contributed by atoms with Gasteiger partial charge < -0.3 is 9.47 Å². The number of benzene rings is 1. The molecule has 0 unspecified atom stereocenters. The Hall–Kier alpha value is -3.09. The lowest BCUT2D eigenvalue weighted by Gasteiger charge is -2.19. The number of hydrogen-bond donors (Lipinski definition) is 0. The Kier molecular flexibility index (Phi) is 6.93. The number of nitrogens with zero attached hydrogens (tertiary/aromatic N) is 3. The highest BCUT2D eigenvalue weighted by Crippen LogP contribution is 2.30. The number of carbonyl (C=O) groups is 1. The molecule has 2 aromatic heterocycles. The summed E-state index contributed by atoms with van der Waals surface area (Å²) in [4.78, 5) is 19.2. The molecule has 32 heavy (non-hydrogen) atoms. The molecule has 0 saturated heterocycles. The molecular weight excluding hydrogens is 409 g/mol. The van der Waals surface area contributed by atoms with Crippen LogP contribution in [0, 0.1) is 18.7 Å². The lowest BCUT2D eigenvalue weighted by atomic mass is 10.0. The summed E-state index contributed by atoms with van der Waals surface area (Å²) in [5.41, 5.74) is 1.44. The molecule has 1 saturated carbocycles. The molecule has 1 fully saturated rings. The molecule has 7 heteroatoms. The Bertz CT molecular complexity index is 1060. The molecule has 4 rings (SSSR count). The van der Waals surface area contributed by atoms with E-state index in [0.29, 0.717) is 42.7 Å². The van der Waals surface area contributed by atoms with E-state index in [-0.39, 0.29) is 11.7 Å². The number of hydrogen-bond acceptors (Lipinski definition) is 4. The number of aryl methyl sites for hydroxylation is 1. The summed E-state index contributed by atoms with van der Waals surface area (Å²) < 4.78 is 26.4. The van der Waals surface area contributed by atoms with Crippen LogP contribution in [0.3, 0.4) is 0 Å². The highest BCUT2D eigenvalue weighted by Gasteiger charge is 2.22. The van der Waals surface area contributed by atoms with Crippen molar-refractivity contribution in [1.82, 2.24) is 9.38 Å². The van der Waals surface area contributed by atoms with Gasteiger partial charge in [-0.1, -0.05) is 25.7 Å². The number of amides is 1. The van der Waals surface area contributed by atoms with E-state index in [2.05, 4.69) is 4.98 Å². The van der Waals surface area contributed by atoms with Gasteiger partial charge in [-0.25, -0.2) is 9.37 Å². The fraction of sp³-hybridized carbons (Fsp3) is 0.440. The second kappa shape index (κ2) is 10.0. The van der Waals surface area contributed by atoms with Crippen molar-refractivity contribution in [3.8, 4) is 11.5 Å². The molecule has 0 radical (unpaired) electrons. The van der Waals surface area contributed by atoms with Gasteiger partial charge in [0.2, 0.25) is 5.91 Å². The van der Waals surface area contributed by atoms with E-state index in [1.165, 1.54) is 37.8 Å². The van der Waals surface area contributed by atoms with Crippen LogP contribution in [0.1, 0.15) is 44.2 Å². The normalized spacial score (nSPS) is 14.1. The zero-order chi connectivity index (χ0) is 22.5. The molecule has 1 amide bonds. The van der Waals surface area contributed by atoms with Gasteiger partial charge in [0.25, 0.3) is 0 Å². The number of anilines is 1. The average molecular weight is 440 g/mol. The molecule has 1 aliphatic carbocycles. The lowest BCUT2D eigenvalue weighted by Crippen LogP contribution is -2.28. The first-order chi connectivity index (χ1) is 15.5. The van der Waals surface area contributed by atoms with Gasteiger partial charge in [0.1, 0.15) is 30.6 Å². The standard InChI is InChI=1S/C25H30FN3O3/c1-18-25(28(2)23(30)14-9-19-6-3-4-7-19)29-15-5-8-22(24(29)27-18)32-17-16-31-21-12-10-20(26)11-13-21/h5,8,10-13,15,19H,3-4,6-7,9,14,16-17H2,1-2H3. The number of rotatable bonds is 9. The van der Waals surface area contributed by atoms with Crippen molar-refractivity contribution in [3.05, 3.63) is 54.1 Å². The number of carbonyl (C=O) groups excluding carboxylic acids is 1. The molecule has 3 aromatic rings. The van der Waals surface area contributed by atoms with Crippen LogP contribution >= 0.6 is 0 Å². The number of imidazole rings is 1. The second-order valence-electron chi connectivity index (χ2n) is 8.38. The Balaban J connectivity index is 1.40. The van der Waals surface area contributed by atoms with E-state index in [1.807, 2.05) is 36.7 Å². The highest BCUT2D eigenvalue weighted by atomic mass is 19.1. The Morgan fingerprint density at radius 1 is 1.16 bits per heavy atom. The van der Waals surface area contributed by atoms with E-state index in [4.69, 9.17) is 9.47 Å². The summed E-state index contributed by atoms with van der Waals surface area (Å²) in [5.74, 6) is 2.48. The van der Waals surface area contributed by atoms with Crippen molar-refractivity contribution in [2.75, 3.05) is 25.2 Å². The van der Waals surface area contributed by atoms with E-state index < -0.39 is 0 Å². The molecule has 0 atom stereocenters. The first-order valence-electron chi connectivity index (χ1n) is 11.3. The van der Waals surface area contributed by atoms with Gasteiger partial charge in [-0.05, 0) is 55.7 Å². The Morgan fingerprint density at radius 2 is 1.88 bits per heavy atom. The molecule has 2 heterocycles. The molecule has 1 aliphatic rings. The third-order valence-corrected chi connectivity index (χ3v) is 6.11. The number of ether oxygens (including phenoxy) is 2. The predicted molar refractivity (Wildman–Crippen MR) is 122 cm³/mol. The molecule has 170 valence electrons. The molecular formula is C25H30FN3O3. The first-order valence-corrected chi connectivity index (χ1v) is 11.3. The maximum atomic E-state index is 13.0. The molecule has 0 spiro atoms. The minimum Gasteiger partial charge on any atom is -0.490 e. The first kappa shape index (κ1) is 22.1. The smallest absolute Gasteiger partial charge is 0.227 e. The SMILES string of the molecule is Cc1nc2c(OCCOc3ccc(F)cc3)cccn2c1N(C)C(=O)CCC1CCCC1. The fourth-order valence-electron chi connectivity index (χ4n) is 4.41. The largest absolute Gasteiger partial charge is 0.490 e. The summed E-state index contributed by atoms with van der Waals surface area (Å²) in [6, 6.07) is 9.62. The number of halogens is 1. The minimum absolute atomic E-state index is 0.112. The van der Waals surface area contributed by atoms with Crippen molar-refractivity contribution in [1.29, 1.82) is 0 Å². The van der Waals surface area contributed by atoms with Crippen LogP contribution in [0.2, 0.25) is 0 Å². The second-order valence-corrected chi connectivity index (χ2v) is 8.38. The van der Waals surface area contributed by atoms with Crippen molar-refractivity contribution in [2.24, 2.45) is 5.92 Å². The average Bonchev–Trinajstić information content (AvgIpc) is 3.43. The molecule has 1 aromatic carbocycles. The molecule has 0 N–H and O–H groups in total. The van der Waals surface area contributed by atoms with Crippen LogP contribution in [-0.2, 0) is 4.79 Å². The zero-order valence-corrected chi connectivity index (χ0v) is 18.7. The van der Waals surface area contributed by atoms with E-state index >= 15 is 0 Å². The van der Waals surface area contributed by atoms with Crippen LogP contribution in [0.15, 0.2) is 42.6 Å². The number of aromatic nitrogens is 2. The van der Waals surface area contributed by atoms with Crippen molar-refractivity contribution in [3.63, 3.8) is 0 Å². The summed E-state index contributed by atoms with van der Waals surface area (Å²) in [6.07, 6.45) is 8.49. The van der Waals surface area contributed by atoms with Crippen LogP contribution in [0.4, 0.5) is 10.2 Å². The minimum atomic E-state index is -0.298. The summed E-state index contributed by atoms with van der Waals surface area (Å²) in [5, 5.41) is 0. The lowest BCUT2D eigenvalue weighted by molar-refractivity contribution is -0.118. The van der Waals surface area contributed by atoms with Crippen LogP contribution in [0.5, 0.6) is 11.5 Å². The fourth-order valence-corrected chi connectivity index (χ4v) is 4.41. The van der Waals surface area contributed by atoms with Crippen LogP contribution in [-0.4, -0.2) is 35.6 Å². The third-order valence-electron chi connectivity index (χ3n) is 6.11. The maximum absolute atomic E-state index is 13.0. The molecule has 6 nitrogen and oxygen atoms in total. The number of fused-ring (bicyclic) bond motifs is 1. The summed E-state index contributed by atoms with van der Waals surface area (Å²) in [7, 11) is 1.82. The highest BCUT2D eigenvalue weighted by molar-refractivity contribution is 5.93. The zero-order valence-electron chi connectivity index (χ0n) is 18.7. The van der Waals surface area contributed by atoms with Gasteiger partial charge in [-0.3, -0.25) is 14.1 Å². The van der Waals surface area contributed by atoms with E-state index in [9.17, 15) is 9.18 Å². The predicted octanol–water partition coefficient (Wildman–Crippen LogP) is 5.17. The van der Waals surface area contributed by atoms with E-state index in [1.54, 1.807) is 17.0 Å². The van der Waals surface area contributed by atoms with Crippen LogP contribution in [0.25, 0.3) is 5.65 Å². The Morgan fingerprint density at radius 3 is 2.62 bits per heavy atom. The van der Waals surface area contributed by atoms with Crippen molar-refractivity contribution >= 4 is 17.4 Å². The van der Waals surface area contributed by atoms with Gasteiger partial charge >= 0.3 is 0 Å². The van der Waals surface area contributed by atoms with Crippen molar-refractivity contribution < 1.29 is 18.7 Å². The summed E-state index contributed by atoms with van der Waals surface area (Å²) >= 11 is 0. The quantitative estimate of drug-likeness (QED) is 0.432. The van der Waals surface area contributed by atoms with Gasteiger partial charge in [0, 0.05) is 19.7 Å². The summed E-state index contributed by atoms with van der Waals surface area (Å²) in [6.45, 7) is 2.54. The molecule has 0 aliphatic heterocycles. The van der Waals surface area contributed by atoms with Crippen LogP contribution < -0.4 is 14.4 Å².